The second kappa shape index (κ2) is 8.34. The molecule has 3 aromatic rings. The first-order valence-corrected chi connectivity index (χ1v) is 10.5. The van der Waals surface area contributed by atoms with Crippen LogP contribution in [0.15, 0.2) is 81.4 Å². The van der Waals surface area contributed by atoms with Gasteiger partial charge in [0.1, 0.15) is 0 Å². The van der Waals surface area contributed by atoms with E-state index in [1.165, 1.54) is 24.3 Å². The van der Waals surface area contributed by atoms with E-state index in [9.17, 15) is 28.6 Å². The van der Waals surface area contributed by atoms with Crippen LogP contribution in [0.1, 0.15) is 0 Å². The van der Waals surface area contributed by atoms with Crippen molar-refractivity contribution in [2.24, 2.45) is 0 Å². The molecule has 154 valence electrons. The highest BCUT2D eigenvalue weighted by atomic mass is 32.2. The van der Waals surface area contributed by atoms with E-state index in [0.717, 1.165) is 28.6 Å². The Morgan fingerprint density at radius 3 is 1.53 bits per heavy atom. The van der Waals surface area contributed by atoms with E-state index in [1.54, 1.807) is 18.2 Å². The van der Waals surface area contributed by atoms with Crippen LogP contribution < -0.4 is 4.31 Å². The van der Waals surface area contributed by atoms with Crippen LogP contribution in [0.2, 0.25) is 0 Å². The topological polar surface area (TPSA) is 124 Å². The van der Waals surface area contributed by atoms with Crippen molar-refractivity contribution in [2.75, 3.05) is 4.31 Å². The molecule has 0 radical (unpaired) electrons. The summed E-state index contributed by atoms with van der Waals surface area (Å²) in [7, 11) is -4.22. The summed E-state index contributed by atoms with van der Waals surface area (Å²) in [5, 5.41) is 22.1. The largest absolute Gasteiger partial charge is 0.270 e. The van der Waals surface area contributed by atoms with Crippen molar-refractivity contribution in [2.45, 2.75) is 14.7 Å². The molecule has 0 saturated carbocycles. The number of rotatable bonds is 6. The standard InChI is InChI=1S/C18H13N3O6S3/c22-20(23)12-6-8-15(17(28)10-12)19(30(26,27)14-4-2-1-3-5-14)16-9-7-13(21(24)25)11-18(16)29/h1-11,28-29H. The Labute approximate surface area is 182 Å². The Morgan fingerprint density at radius 2 is 1.17 bits per heavy atom. The van der Waals surface area contributed by atoms with Gasteiger partial charge in [0.05, 0.1) is 26.1 Å². The van der Waals surface area contributed by atoms with Gasteiger partial charge in [-0.3, -0.25) is 20.2 Å². The Morgan fingerprint density at radius 1 is 0.733 bits per heavy atom. The maximum Gasteiger partial charge on any atom is 0.270 e. The van der Waals surface area contributed by atoms with Crippen LogP contribution in [0.25, 0.3) is 0 Å². The SMILES string of the molecule is O=[N+]([O-])c1ccc(N(c2ccc([N+](=O)[O-])cc2S)S(=O)(=O)c2ccccc2)c(S)c1. The zero-order chi connectivity index (χ0) is 22.1. The number of sulfonamides is 1. The lowest BCUT2D eigenvalue weighted by Crippen LogP contribution is -2.27. The van der Waals surface area contributed by atoms with Gasteiger partial charge >= 0.3 is 0 Å². The minimum absolute atomic E-state index is 0.0230. The summed E-state index contributed by atoms with van der Waals surface area (Å²) in [4.78, 5) is 20.8. The summed E-state index contributed by atoms with van der Waals surface area (Å²) in [6, 6.07) is 14.5. The van der Waals surface area contributed by atoms with E-state index in [-0.39, 0.29) is 37.4 Å². The van der Waals surface area contributed by atoms with Crippen LogP contribution in [-0.2, 0) is 10.0 Å². The van der Waals surface area contributed by atoms with Gasteiger partial charge in [0, 0.05) is 34.1 Å². The molecule has 0 aromatic heterocycles. The van der Waals surface area contributed by atoms with E-state index in [0.29, 0.717) is 0 Å². The normalized spacial score (nSPS) is 11.1. The Kier molecular flexibility index (Phi) is 6.01. The molecule has 9 nitrogen and oxygen atoms in total. The maximum absolute atomic E-state index is 13.5. The second-order valence-electron chi connectivity index (χ2n) is 5.94. The number of benzene rings is 3. The third kappa shape index (κ3) is 4.10. The Bertz CT molecular complexity index is 1190. The number of hydrogen-bond acceptors (Lipinski definition) is 8. The van der Waals surface area contributed by atoms with Gasteiger partial charge in [-0.1, -0.05) is 18.2 Å². The number of thiol groups is 2. The zero-order valence-corrected chi connectivity index (χ0v) is 17.6. The monoisotopic (exact) mass is 463 g/mol. The van der Waals surface area contributed by atoms with Gasteiger partial charge in [-0.15, -0.1) is 25.3 Å². The fraction of sp³-hybridized carbons (Fsp3) is 0. The number of hydrogen-bond donors (Lipinski definition) is 2. The molecule has 0 fully saturated rings. The molecule has 0 aliphatic heterocycles. The quantitative estimate of drug-likeness (QED) is 0.313. The third-order valence-electron chi connectivity index (χ3n) is 4.06. The smallest absolute Gasteiger partial charge is 0.258 e. The molecule has 0 aliphatic carbocycles. The Hall–Kier alpha value is -3.09. The predicted molar refractivity (Wildman–Crippen MR) is 116 cm³/mol. The molecule has 0 saturated heterocycles. The summed E-state index contributed by atoms with van der Waals surface area (Å²) in [5.74, 6) is 0. The van der Waals surface area contributed by atoms with Gasteiger partial charge < -0.3 is 0 Å². The first-order valence-electron chi connectivity index (χ1n) is 8.18. The molecule has 3 aromatic carbocycles. The third-order valence-corrected chi connectivity index (χ3v) is 6.52. The van der Waals surface area contributed by atoms with Crippen molar-refractivity contribution in [1.29, 1.82) is 0 Å². The van der Waals surface area contributed by atoms with Crippen molar-refractivity contribution < 1.29 is 18.3 Å². The highest BCUT2D eigenvalue weighted by Gasteiger charge is 2.30. The van der Waals surface area contributed by atoms with Gasteiger partial charge in [-0.2, -0.15) is 0 Å². The van der Waals surface area contributed by atoms with Crippen LogP contribution >= 0.6 is 25.3 Å². The average Bonchev–Trinajstić information content (AvgIpc) is 2.70. The molecule has 0 N–H and O–H groups in total. The molecule has 3 rings (SSSR count). The average molecular weight is 464 g/mol. The van der Waals surface area contributed by atoms with Gasteiger partial charge in [-0.25, -0.2) is 12.7 Å². The Balaban J connectivity index is 2.28. The van der Waals surface area contributed by atoms with E-state index in [2.05, 4.69) is 25.3 Å². The summed E-state index contributed by atoms with van der Waals surface area (Å²) in [5.41, 5.74) is -0.486. The molecule has 0 spiro atoms. The second-order valence-corrected chi connectivity index (χ2v) is 8.69. The molecule has 0 bridgehead atoms. The minimum Gasteiger partial charge on any atom is -0.258 e. The summed E-state index contributed by atoms with van der Waals surface area (Å²) in [6.07, 6.45) is 0. The summed E-state index contributed by atoms with van der Waals surface area (Å²) in [6.45, 7) is 0. The fourth-order valence-corrected chi connectivity index (χ4v) is 4.98. The number of nitrogens with zero attached hydrogens (tertiary/aromatic N) is 3. The lowest BCUT2D eigenvalue weighted by molar-refractivity contribution is -0.385. The van der Waals surface area contributed by atoms with Crippen molar-refractivity contribution in [3.8, 4) is 0 Å². The lowest BCUT2D eigenvalue weighted by Gasteiger charge is -2.26. The van der Waals surface area contributed by atoms with Crippen LogP contribution in [0.3, 0.4) is 0 Å². The molecule has 0 unspecified atom stereocenters. The van der Waals surface area contributed by atoms with Crippen LogP contribution in [0.4, 0.5) is 22.7 Å². The molecule has 12 heteroatoms. The van der Waals surface area contributed by atoms with E-state index < -0.39 is 19.9 Å². The minimum atomic E-state index is -4.22. The number of non-ortho nitro benzene ring substituents is 2. The number of nitro benzene ring substituents is 2. The van der Waals surface area contributed by atoms with Crippen molar-refractivity contribution in [3.63, 3.8) is 0 Å². The van der Waals surface area contributed by atoms with E-state index in [4.69, 9.17) is 0 Å². The summed E-state index contributed by atoms with van der Waals surface area (Å²) < 4.78 is 27.8. The van der Waals surface area contributed by atoms with Crippen LogP contribution in [0.5, 0.6) is 0 Å². The molecular weight excluding hydrogens is 450 g/mol. The molecular formula is C18H13N3O6S3. The summed E-state index contributed by atoms with van der Waals surface area (Å²) >= 11 is 8.48. The zero-order valence-electron chi connectivity index (χ0n) is 14.9. The van der Waals surface area contributed by atoms with Crippen LogP contribution in [-0.4, -0.2) is 18.3 Å². The number of anilines is 2. The molecule has 0 aliphatic rings. The first kappa shape index (κ1) is 21.6. The first-order chi connectivity index (χ1) is 14.1. The maximum atomic E-state index is 13.5. The van der Waals surface area contributed by atoms with Crippen LogP contribution in [0, 0.1) is 20.2 Å². The highest BCUT2D eigenvalue weighted by Crippen LogP contribution is 2.41. The lowest BCUT2D eigenvalue weighted by atomic mass is 10.2. The van der Waals surface area contributed by atoms with Crippen molar-refractivity contribution in [1.82, 2.24) is 0 Å². The molecule has 0 amide bonds. The van der Waals surface area contributed by atoms with E-state index >= 15 is 0 Å². The van der Waals surface area contributed by atoms with Gasteiger partial charge in [0.15, 0.2) is 0 Å². The molecule has 30 heavy (non-hydrogen) atoms. The van der Waals surface area contributed by atoms with Gasteiger partial charge in [-0.05, 0) is 24.3 Å². The predicted octanol–water partition coefficient (Wildman–Crippen LogP) is 4.61. The highest BCUT2D eigenvalue weighted by molar-refractivity contribution is 7.93. The van der Waals surface area contributed by atoms with E-state index in [1.807, 2.05) is 0 Å². The van der Waals surface area contributed by atoms with Gasteiger partial charge in [0.25, 0.3) is 21.4 Å². The fourth-order valence-electron chi connectivity index (χ4n) is 2.68. The van der Waals surface area contributed by atoms with Gasteiger partial charge in [0.2, 0.25) is 0 Å². The molecule has 0 heterocycles. The van der Waals surface area contributed by atoms with Crippen molar-refractivity contribution in [3.05, 3.63) is 87.0 Å². The van der Waals surface area contributed by atoms with Crippen molar-refractivity contribution >= 4 is 58.0 Å². The number of nitro groups is 2. The molecule has 0 atom stereocenters.